The van der Waals surface area contributed by atoms with Crippen LogP contribution in [0.2, 0.25) is 0 Å². The molecule has 9 heteroatoms. The Balaban J connectivity index is 2.05. The molecule has 0 aliphatic heterocycles. The van der Waals surface area contributed by atoms with Crippen LogP contribution in [0.4, 0.5) is 0 Å². The lowest BCUT2D eigenvalue weighted by molar-refractivity contribution is 0.0697. The zero-order valence-electron chi connectivity index (χ0n) is 12.9. The van der Waals surface area contributed by atoms with Gasteiger partial charge in [0.25, 0.3) is 0 Å². The first kappa shape index (κ1) is 17.3. The lowest BCUT2D eigenvalue weighted by atomic mass is 10.2. The number of nitrogens with zero attached hydrogens (tertiary/aromatic N) is 3. The Morgan fingerprint density at radius 1 is 1.16 bits per heavy atom. The number of benzene rings is 2. The average molecular weight is 422 g/mol. The summed E-state index contributed by atoms with van der Waals surface area (Å²) in [7, 11) is -3.82. The molecule has 128 valence electrons. The van der Waals surface area contributed by atoms with E-state index in [0.717, 1.165) is 0 Å². The summed E-state index contributed by atoms with van der Waals surface area (Å²) >= 11 is 3.25. The normalized spacial score (nSPS) is 11.4. The second-order valence-corrected chi connectivity index (χ2v) is 7.99. The van der Waals surface area contributed by atoms with Gasteiger partial charge in [0.2, 0.25) is 14.9 Å². The summed E-state index contributed by atoms with van der Waals surface area (Å²) in [5.41, 5.74) is 0.984. The van der Waals surface area contributed by atoms with E-state index in [9.17, 15) is 13.2 Å². The number of carbonyl (C=O) groups is 1. The van der Waals surface area contributed by atoms with E-state index < -0.39 is 15.8 Å². The van der Waals surface area contributed by atoms with E-state index in [4.69, 9.17) is 5.11 Å². The second kappa shape index (κ2) is 6.41. The summed E-state index contributed by atoms with van der Waals surface area (Å²) in [6.45, 7) is 1.59. The third-order valence-corrected chi connectivity index (χ3v) is 5.83. The van der Waals surface area contributed by atoms with E-state index in [1.54, 1.807) is 31.2 Å². The van der Waals surface area contributed by atoms with Crippen LogP contribution in [0.25, 0.3) is 5.69 Å². The van der Waals surface area contributed by atoms with E-state index in [0.29, 0.717) is 15.9 Å². The molecular weight excluding hydrogens is 410 g/mol. The Morgan fingerprint density at radius 2 is 1.84 bits per heavy atom. The fourth-order valence-corrected chi connectivity index (χ4v) is 4.23. The van der Waals surface area contributed by atoms with Crippen LogP contribution >= 0.6 is 15.9 Å². The first-order chi connectivity index (χ1) is 11.8. The predicted molar refractivity (Wildman–Crippen MR) is 92.6 cm³/mol. The van der Waals surface area contributed by atoms with Crippen LogP contribution in [-0.2, 0) is 9.84 Å². The summed E-state index contributed by atoms with van der Waals surface area (Å²) < 4.78 is 27.6. The quantitative estimate of drug-likeness (QED) is 0.694. The summed E-state index contributed by atoms with van der Waals surface area (Å²) in [4.78, 5) is 11.0. The van der Waals surface area contributed by atoms with Crippen molar-refractivity contribution in [2.45, 2.75) is 16.8 Å². The number of carboxylic acids is 1. The molecular formula is C16H12BrN3O4S. The molecule has 0 saturated carbocycles. The summed E-state index contributed by atoms with van der Waals surface area (Å²) in [6.07, 6.45) is 0. The highest BCUT2D eigenvalue weighted by atomic mass is 79.9. The molecule has 0 radical (unpaired) electrons. The van der Waals surface area contributed by atoms with Crippen LogP contribution in [0.3, 0.4) is 0 Å². The van der Waals surface area contributed by atoms with Crippen molar-refractivity contribution < 1.29 is 18.3 Å². The van der Waals surface area contributed by atoms with Crippen molar-refractivity contribution in [2.75, 3.05) is 0 Å². The van der Waals surface area contributed by atoms with E-state index in [2.05, 4.69) is 26.2 Å². The minimum absolute atomic E-state index is 0.109. The topological polar surface area (TPSA) is 102 Å². The smallest absolute Gasteiger partial charge is 0.335 e. The largest absolute Gasteiger partial charge is 0.478 e. The van der Waals surface area contributed by atoms with Gasteiger partial charge < -0.3 is 5.11 Å². The second-order valence-electron chi connectivity index (χ2n) is 5.20. The molecule has 0 spiro atoms. The summed E-state index contributed by atoms with van der Waals surface area (Å²) in [5, 5.41) is 16.5. The highest BCUT2D eigenvalue weighted by Gasteiger charge is 2.26. The molecule has 0 aliphatic rings. The van der Waals surface area contributed by atoms with Crippen LogP contribution in [0.15, 0.2) is 62.9 Å². The van der Waals surface area contributed by atoms with Gasteiger partial charge in [0.15, 0.2) is 0 Å². The fraction of sp³-hybridized carbons (Fsp3) is 0.0625. The Morgan fingerprint density at radius 3 is 2.44 bits per heavy atom. The van der Waals surface area contributed by atoms with Crippen molar-refractivity contribution in [3.8, 4) is 5.69 Å². The molecule has 25 heavy (non-hydrogen) atoms. The first-order valence-corrected chi connectivity index (χ1v) is 9.35. The van der Waals surface area contributed by atoms with Gasteiger partial charge in [-0.2, -0.15) is 0 Å². The molecule has 1 aromatic heterocycles. The molecule has 3 aromatic rings. The van der Waals surface area contributed by atoms with Crippen LogP contribution in [0.5, 0.6) is 0 Å². The zero-order valence-corrected chi connectivity index (χ0v) is 15.3. The standard InChI is InChI=1S/C16H12BrN3O4S/c1-10-15(25(23,24)14-4-2-3-12(17)9-14)18-19-20(10)13-7-5-11(6-8-13)16(21)22/h2-9H,1H3,(H,21,22). The number of sulfone groups is 1. The van der Waals surface area contributed by atoms with Gasteiger partial charge in [-0.25, -0.2) is 17.9 Å². The zero-order chi connectivity index (χ0) is 18.2. The summed E-state index contributed by atoms with van der Waals surface area (Å²) in [5.74, 6) is -1.04. The molecule has 0 bridgehead atoms. The SMILES string of the molecule is Cc1c(S(=O)(=O)c2cccc(Br)c2)nnn1-c1ccc(C(=O)O)cc1. The molecule has 0 atom stereocenters. The molecule has 0 aliphatic carbocycles. The van der Waals surface area contributed by atoms with Crippen LogP contribution < -0.4 is 0 Å². The van der Waals surface area contributed by atoms with Gasteiger partial charge in [-0.1, -0.05) is 27.2 Å². The number of rotatable bonds is 4. The van der Waals surface area contributed by atoms with Gasteiger partial charge in [0.1, 0.15) is 0 Å². The number of hydrogen-bond donors (Lipinski definition) is 1. The van der Waals surface area contributed by atoms with E-state index >= 15 is 0 Å². The van der Waals surface area contributed by atoms with E-state index in [-0.39, 0.29) is 15.5 Å². The molecule has 0 amide bonds. The van der Waals surface area contributed by atoms with Crippen molar-refractivity contribution in [2.24, 2.45) is 0 Å². The molecule has 0 fully saturated rings. The number of hydrogen-bond acceptors (Lipinski definition) is 5. The van der Waals surface area contributed by atoms with E-state index in [1.807, 2.05) is 0 Å². The maximum Gasteiger partial charge on any atom is 0.335 e. The Hall–Kier alpha value is -2.52. The first-order valence-electron chi connectivity index (χ1n) is 7.07. The highest BCUT2D eigenvalue weighted by Crippen LogP contribution is 2.25. The van der Waals surface area contributed by atoms with Gasteiger partial charge >= 0.3 is 5.97 Å². The van der Waals surface area contributed by atoms with Gasteiger partial charge in [0.05, 0.1) is 21.8 Å². The lowest BCUT2D eigenvalue weighted by Gasteiger charge is -2.05. The van der Waals surface area contributed by atoms with Crippen LogP contribution in [0, 0.1) is 6.92 Å². The van der Waals surface area contributed by atoms with Gasteiger partial charge in [-0.15, -0.1) is 5.10 Å². The molecule has 7 nitrogen and oxygen atoms in total. The van der Waals surface area contributed by atoms with Crippen molar-refractivity contribution in [1.82, 2.24) is 15.0 Å². The molecule has 3 rings (SSSR count). The van der Waals surface area contributed by atoms with Gasteiger partial charge in [-0.05, 0) is 49.4 Å². The monoisotopic (exact) mass is 421 g/mol. The van der Waals surface area contributed by atoms with Gasteiger partial charge in [-0.3, -0.25) is 0 Å². The van der Waals surface area contributed by atoms with Crippen molar-refractivity contribution >= 4 is 31.7 Å². The highest BCUT2D eigenvalue weighted by molar-refractivity contribution is 9.10. The molecule has 0 saturated heterocycles. The molecule has 2 aromatic carbocycles. The van der Waals surface area contributed by atoms with E-state index in [1.165, 1.54) is 28.9 Å². The number of aromatic nitrogens is 3. The third kappa shape index (κ3) is 3.20. The minimum Gasteiger partial charge on any atom is -0.478 e. The Kier molecular flexibility index (Phi) is 4.44. The van der Waals surface area contributed by atoms with Crippen molar-refractivity contribution in [3.05, 3.63) is 64.3 Å². The number of aromatic carboxylic acids is 1. The van der Waals surface area contributed by atoms with Crippen LogP contribution in [0.1, 0.15) is 16.1 Å². The third-order valence-electron chi connectivity index (χ3n) is 3.57. The molecule has 1 N–H and O–H groups in total. The molecule has 1 heterocycles. The maximum atomic E-state index is 12.8. The van der Waals surface area contributed by atoms with Crippen LogP contribution in [-0.4, -0.2) is 34.5 Å². The molecule has 0 unspecified atom stereocenters. The summed E-state index contributed by atoms with van der Waals surface area (Å²) in [6, 6.07) is 12.3. The lowest BCUT2D eigenvalue weighted by Crippen LogP contribution is -2.06. The predicted octanol–water partition coefficient (Wildman–Crippen LogP) is 2.87. The maximum absolute atomic E-state index is 12.8. The fourth-order valence-electron chi connectivity index (χ4n) is 2.30. The average Bonchev–Trinajstić information content (AvgIpc) is 2.97. The Bertz CT molecular complexity index is 1060. The van der Waals surface area contributed by atoms with Crippen molar-refractivity contribution in [1.29, 1.82) is 0 Å². The minimum atomic E-state index is -3.82. The van der Waals surface area contributed by atoms with Crippen molar-refractivity contribution in [3.63, 3.8) is 0 Å². The number of carboxylic acid groups (broad SMARTS) is 1. The Labute approximate surface area is 152 Å². The van der Waals surface area contributed by atoms with Gasteiger partial charge in [0, 0.05) is 4.47 Å². The number of halogens is 1.